The van der Waals surface area contributed by atoms with E-state index in [-0.39, 0.29) is 5.91 Å². The van der Waals surface area contributed by atoms with Crippen LogP contribution >= 0.6 is 11.6 Å². The average Bonchev–Trinajstić information content (AvgIpc) is 2.48. The lowest BCUT2D eigenvalue weighted by Crippen LogP contribution is -2.17. The first-order valence-corrected chi connectivity index (χ1v) is 6.85. The number of nitrogens with one attached hydrogen (secondary N) is 1. The van der Waals surface area contributed by atoms with Gasteiger partial charge in [0.25, 0.3) is 5.91 Å². The van der Waals surface area contributed by atoms with Crippen LogP contribution in [0.15, 0.2) is 65.3 Å². The van der Waals surface area contributed by atoms with Crippen molar-refractivity contribution in [3.63, 3.8) is 0 Å². The standard InChI is InChI=1S/C17H15ClN2O/c1-13(10-14-6-3-2-4-7-14)12-19-20-17(21)15-8-5-9-16(18)11-15/h2-12H,1H3,(H,20,21)/b13-10+,19-12+. The molecular formula is C17H15ClN2O. The lowest BCUT2D eigenvalue weighted by atomic mass is 10.1. The van der Waals surface area contributed by atoms with Crippen LogP contribution in [0.3, 0.4) is 0 Å². The van der Waals surface area contributed by atoms with E-state index in [4.69, 9.17) is 11.6 Å². The molecule has 0 spiro atoms. The summed E-state index contributed by atoms with van der Waals surface area (Å²) in [5.41, 5.74) is 4.97. The third-order valence-electron chi connectivity index (χ3n) is 2.71. The second kappa shape index (κ2) is 7.41. The highest BCUT2D eigenvalue weighted by Crippen LogP contribution is 2.10. The molecule has 0 aliphatic carbocycles. The SMILES string of the molecule is CC(/C=N/NC(=O)c1cccc(Cl)c1)=C\c1ccccc1. The zero-order chi connectivity index (χ0) is 15.1. The fraction of sp³-hybridized carbons (Fsp3) is 0.0588. The van der Waals surface area contributed by atoms with Crippen LogP contribution in [0.4, 0.5) is 0 Å². The second-order valence-electron chi connectivity index (χ2n) is 4.51. The van der Waals surface area contributed by atoms with E-state index in [0.717, 1.165) is 11.1 Å². The summed E-state index contributed by atoms with van der Waals surface area (Å²) in [6, 6.07) is 16.6. The van der Waals surface area contributed by atoms with Crippen LogP contribution in [0.25, 0.3) is 6.08 Å². The van der Waals surface area contributed by atoms with Gasteiger partial charge in [-0.05, 0) is 36.3 Å². The Bertz CT molecular complexity index is 678. The summed E-state index contributed by atoms with van der Waals surface area (Å²) < 4.78 is 0. The number of amides is 1. The van der Waals surface area contributed by atoms with Crippen LogP contribution in [0, 0.1) is 0 Å². The Hall–Kier alpha value is -2.39. The van der Waals surface area contributed by atoms with E-state index in [2.05, 4.69) is 10.5 Å². The Morgan fingerprint density at radius 3 is 2.62 bits per heavy atom. The smallest absolute Gasteiger partial charge is 0.267 e. The summed E-state index contributed by atoms with van der Waals surface area (Å²) in [7, 11) is 0. The van der Waals surface area contributed by atoms with Crippen molar-refractivity contribution < 1.29 is 4.79 Å². The Kier molecular flexibility index (Phi) is 5.29. The second-order valence-corrected chi connectivity index (χ2v) is 4.94. The van der Waals surface area contributed by atoms with E-state index in [0.29, 0.717) is 10.6 Å². The van der Waals surface area contributed by atoms with Gasteiger partial charge < -0.3 is 0 Å². The molecule has 106 valence electrons. The number of carbonyl (C=O) groups excluding carboxylic acids is 1. The summed E-state index contributed by atoms with van der Waals surface area (Å²) in [6.45, 7) is 1.92. The van der Waals surface area contributed by atoms with Crippen LogP contribution in [0.5, 0.6) is 0 Å². The van der Waals surface area contributed by atoms with Gasteiger partial charge in [-0.2, -0.15) is 5.10 Å². The molecule has 0 bridgehead atoms. The molecule has 0 aliphatic heterocycles. The van der Waals surface area contributed by atoms with Crippen molar-refractivity contribution in [2.24, 2.45) is 5.10 Å². The van der Waals surface area contributed by atoms with Crippen LogP contribution in [-0.2, 0) is 0 Å². The van der Waals surface area contributed by atoms with Gasteiger partial charge in [0, 0.05) is 10.6 Å². The molecule has 0 aliphatic rings. The maximum Gasteiger partial charge on any atom is 0.271 e. The van der Waals surface area contributed by atoms with Gasteiger partial charge in [0.05, 0.1) is 6.21 Å². The van der Waals surface area contributed by atoms with Crippen molar-refractivity contribution in [2.45, 2.75) is 6.92 Å². The minimum Gasteiger partial charge on any atom is -0.267 e. The minimum absolute atomic E-state index is 0.290. The van der Waals surface area contributed by atoms with Crippen molar-refractivity contribution in [2.75, 3.05) is 0 Å². The Morgan fingerprint density at radius 1 is 1.14 bits per heavy atom. The van der Waals surface area contributed by atoms with E-state index in [1.54, 1.807) is 30.5 Å². The molecule has 1 N–H and O–H groups in total. The molecule has 0 aromatic heterocycles. The normalized spacial score (nSPS) is 11.6. The molecule has 3 nitrogen and oxygen atoms in total. The van der Waals surface area contributed by atoms with Crippen LogP contribution in [-0.4, -0.2) is 12.1 Å². The largest absolute Gasteiger partial charge is 0.271 e. The third kappa shape index (κ3) is 4.89. The molecule has 0 unspecified atom stereocenters. The molecule has 1 amide bonds. The highest BCUT2D eigenvalue weighted by molar-refractivity contribution is 6.30. The molecule has 0 atom stereocenters. The summed E-state index contributed by atoms with van der Waals surface area (Å²) in [6.07, 6.45) is 3.59. The van der Waals surface area contributed by atoms with E-state index in [1.807, 2.05) is 43.3 Å². The molecule has 21 heavy (non-hydrogen) atoms. The Morgan fingerprint density at radius 2 is 1.90 bits per heavy atom. The van der Waals surface area contributed by atoms with Crippen LogP contribution < -0.4 is 5.43 Å². The first-order valence-electron chi connectivity index (χ1n) is 6.47. The summed E-state index contributed by atoms with van der Waals surface area (Å²) in [5, 5.41) is 4.46. The number of allylic oxidation sites excluding steroid dienone is 1. The third-order valence-corrected chi connectivity index (χ3v) is 2.95. The van der Waals surface area contributed by atoms with Crippen LogP contribution in [0.1, 0.15) is 22.8 Å². The lowest BCUT2D eigenvalue weighted by molar-refractivity contribution is 0.0955. The van der Waals surface area contributed by atoms with Crippen LogP contribution in [0.2, 0.25) is 5.02 Å². The molecule has 0 heterocycles. The van der Waals surface area contributed by atoms with Gasteiger partial charge >= 0.3 is 0 Å². The van der Waals surface area contributed by atoms with Crippen molar-refractivity contribution in [1.82, 2.24) is 5.43 Å². The van der Waals surface area contributed by atoms with Gasteiger partial charge in [-0.1, -0.05) is 54.1 Å². The minimum atomic E-state index is -0.290. The molecule has 4 heteroatoms. The molecule has 2 rings (SSSR count). The van der Waals surface area contributed by atoms with E-state index in [9.17, 15) is 4.79 Å². The maximum atomic E-state index is 11.8. The molecule has 2 aromatic carbocycles. The van der Waals surface area contributed by atoms with E-state index in [1.165, 1.54) is 0 Å². The number of hydrogen-bond acceptors (Lipinski definition) is 2. The van der Waals surface area contributed by atoms with Crippen molar-refractivity contribution in [3.8, 4) is 0 Å². The number of carbonyl (C=O) groups is 1. The monoisotopic (exact) mass is 298 g/mol. The number of nitrogens with zero attached hydrogens (tertiary/aromatic N) is 1. The molecule has 0 radical (unpaired) electrons. The first kappa shape index (κ1) is 15.0. The summed E-state index contributed by atoms with van der Waals surface area (Å²) in [5.74, 6) is -0.290. The zero-order valence-corrected chi connectivity index (χ0v) is 12.3. The lowest BCUT2D eigenvalue weighted by Gasteiger charge is -2.00. The Labute approximate surface area is 129 Å². The number of benzene rings is 2. The van der Waals surface area contributed by atoms with E-state index < -0.39 is 0 Å². The van der Waals surface area contributed by atoms with Crippen molar-refractivity contribution in [3.05, 3.63) is 76.3 Å². The molecule has 0 fully saturated rings. The average molecular weight is 299 g/mol. The summed E-state index contributed by atoms with van der Waals surface area (Å²) in [4.78, 5) is 11.8. The van der Waals surface area contributed by atoms with E-state index >= 15 is 0 Å². The highest BCUT2D eigenvalue weighted by atomic mass is 35.5. The van der Waals surface area contributed by atoms with Gasteiger partial charge in [-0.25, -0.2) is 5.43 Å². The van der Waals surface area contributed by atoms with Gasteiger partial charge in [0.1, 0.15) is 0 Å². The van der Waals surface area contributed by atoms with Gasteiger partial charge in [-0.15, -0.1) is 0 Å². The van der Waals surface area contributed by atoms with Crippen molar-refractivity contribution >= 4 is 29.8 Å². The van der Waals surface area contributed by atoms with Crippen molar-refractivity contribution in [1.29, 1.82) is 0 Å². The number of rotatable bonds is 4. The molecule has 2 aromatic rings. The van der Waals surface area contributed by atoms with Gasteiger partial charge in [-0.3, -0.25) is 4.79 Å². The Balaban J connectivity index is 1.96. The predicted octanol–water partition coefficient (Wildman–Crippen LogP) is 4.16. The predicted molar refractivity (Wildman–Crippen MR) is 87.5 cm³/mol. The first-order chi connectivity index (χ1) is 10.1. The number of halogens is 1. The number of hydrogen-bond donors (Lipinski definition) is 1. The quantitative estimate of drug-likeness (QED) is 0.668. The summed E-state index contributed by atoms with van der Waals surface area (Å²) >= 11 is 5.84. The number of hydrazone groups is 1. The van der Waals surface area contributed by atoms with Gasteiger partial charge in [0.15, 0.2) is 0 Å². The van der Waals surface area contributed by atoms with Gasteiger partial charge in [0.2, 0.25) is 0 Å². The molecule has 0 saturated carbocycles. The molecule has 0 saturated heterocycles. The maximum absolute atomic E-state index is 11.8. The highest BCUT2D eigenvalue weighted by Gasteiger charge is 2.03. The fourth-order valence-corrected chi connectivity index (χ4v) is 1.93. The molecular weight excluding hydrogens is 284 g/mol. The topological polar surface area (TPSA) is 41.5 Å². The fourth-order valence-electron chi connectivity index (χ4n) is 1.74. The zero-order valence-electron chi connectivity index (χ0n) is 11.6.